The highest BCUT2D eigenvalue weighted by Gasteiger charge is 2.44. The monoisotopic (exact) mass is 283 g/mol. The molecule has 0 spiro atoms. The highest BCUT2D eigenvalue weighted by atomic mass is 32.2. The van der Waals surface area contributed by atoms with E-state index in [0.29, 0.717) is 18.7 Å². The lowest BCUT2D eigenvalue weighted by atomic mass is 9.99. The summed E-state index contributed by atoms with van der Waals surface area (Å²) in [5.74, 6) is -0.923. The quantitative estimate of drug-likeness (QED) is 0.910. The fourth-order valence-electron chi connectivity index (χ4n) is 2.57. The summed E-state index contributed by atoms with van der Waals surface area (Å²) in [4.78, 5) is 13.3. The van der Waals surface area contributed by atoms with Crippen LogP contribution < -0.4 is 4.90 Å². The summed E-state index contributed by atoms with van der Waals surface area (Å²) < 4.78 is 23.6. The first-order valence-corrected chi connectivity index (χ1v) is 7.96. The van der Waals surface area contributed by atoms with Crippen molar-refractivity contribution in [2.24, 2.45) is 0 Å². The van der Waals surface area contributed by atoms with Gasteiger partial charge in [0, 0.05) is 12.8 Å². The first kappa shape index (κ1) is 13.9. The topological polar surface area (TPSA) is 74.7 Å². The normalized spacial score (nSPS) is 23.6. The van der Waals surface area contributed by atoms with Crippen LogP contribution in [-0.2, 0) is 14.6 Å². The van der Waals surface area contributed by atoms with Crippen molar-refractivity contribution in [1.29, 1.82) is 0 Å². The number of carbonyl (C=O) groups is 1. The number of carboxylic acids is 1. The third-order valence-corrected chi connectivity index (χ3v) is 4.80. The lowest BCUT2D eigenvalue weighted by Crippen LogP contribution is -2.48. The Morgan fingerprint density at radius 1 is 1.37 bits per heavy atom. The highest BCUT2D eigenvalue weighted by molar-refractivity contribution is 7.90. The zero-order valence-corrected chi connectivity index (χ0v) is 11.8. The SMILES string of the molecule is CC1(C(=O)O)CCCN1c1ccccc1S(C)(=O)=O. The molecule has 1 aliphatic heterocycles. The molecule has 104 valence electrons. The van der Waals surface area contributed by atoms with Crippen LogP contribution in [0, 0.1) is 0 Å². The molecule has 19 heavy (non-hydrogen) atoms. The van der Waals surface area contributed by atoms with Crippen LogP contribution in [0.3, 0.4) is 0 Å². The predicted octanol–water partition coefficient (Wildman–Crippen LogP) is 1.53. The van der Waals surface area contributed by atoms with Crippen molar-refractivity contribution in [3.63, 3.8) is 0 Å². The van der Waals surface area contributed by atoms with Crippen molar-refractivity contribution >= 4 is 21.5 Å². The van der Waals surface area contributed by atoms with Gasteiger partial charge >= 0.3 is 5.97 Å². The minimum Gasteiger partial charge on any atom is -0.480 e. The number of carboxylic acid groups (broad SMARTS) is 1. The molecule has 1 aliphatic rings. The largest absolute Gasteiger partial charge is 0.480 e. The van der Waals surface area contributed by atoms with Gasteiger partial charge in [0.1, 0.15) is 5.54 Å². The van der Waals surface area contributed by atoms with Crippen molar-refractivity contribution < 1.29 is 18.3 Å². The van der Waals surface area contributed by atoms with E-state index in [1.165, 1.54) is 6.07 Å². The van der Waals surface area contributed by atoms with Crippen LogP contribution in [0.1, 0.15) is 19.8 Å². The Bertz CT molecular complexity index is 611. The molecule has 1 atom stereocenters. The molecule has 1 aromatic carbocycles. The lowest BCUT2D eigenvalue weighted by Gasteiger charge is -2.34. The van der Waals surface area contributed by atoms with Crippen LogP contribution in [0.25, 0.3) is 0 Å². The van der Waals surface area contributed by atoms with Gasteiger partial charge in [0.2, 0.25) is 0 Å². The molecule has 1 N–H and O–H groups in total. The number of hydrogen-bond donors (Lipinski definition) is 1. The summed E-state index contributed by atoms with van der Waals surface area (Å²) in [5.41, 5.74) is -0.562. The molecular weight excluding hydrogens is 266 g/mol. The molecule has 0 amide bonds. The molecule has 0 aromatic heterocycles. The van der Waals surface area contributed by atoms with Crippen molar-refractivity contribution in [2.75, 3.05) is 17.7 Å². The number of sulfone groups is 1. The zero-order chi connectivity index (χ0) is 14.3. The van der Waals surface area contributed by atoms with Gasteiger partial charge in [-0.3, -0.25) is 0 Å². The molecule has 1 heterocycles. The fourth-order valence-corrected chi connectivity index (χ4v) is 3.45. The second-order valence-corrected chi connectivity index (χ2v) is 7.06. The summed E-state index contributed by atoms with van der Waals surface area (Å²) >= 11 is 0. The Balaban J connectivity index is 2.57. The van der Waals surface area contributed by atoms with Crippen molar-refractivity contribution in [3.8, 4) is 0 Å². The third-order valence-electron chi connectivity index (χ3n) is 3.66. The van der Waals surface area contributed by atoms with Gasteiger partial charge in [0.25, 0.3) is 0 Å². The summed E-state index contributed by atoms with van der Waals surface area (Å²) in [6.45, 7) is 2.19. The van der Waals surface area contributed by atoms with Crippen LogP contribution in [0.15, 0.2) is 29.2 Å². The average molecular weight is 283 g/mol. The van der Waals surface area contributed by atoms with Gasteiger partial charge in [0.05, 0.1) is 10.6 Å². The molecule has 1 fully saturated rings. The van der Waals surface area contributed by atoms with E-state index >= 15 is 0 Å². The Labute approximate surface area is 112 Å². The lowest BCUT2D eigenvalue weighted by molar-refractivity contribution is -0.142. The maximum atomic E-state index is 11.8. The predicted molar refractivity (Wildman–Crippen MR) is 72.2 cm³/mol. The van der Waals surface area contributed by atoms with Crippen molar-refractivity contribution in [3.05, 3.63) is 24.3 Å². The van der Waals surface area contributed by atoms with Gasteiger partial charge in [-0.05, 0) is 31.9 Å². The number of anilines is 1. The molecule has 0 bridgehead atoms. The van der Waals surface area contributed by atoms with Crippen LogP contribution in [0.2, 0.25) is 0 Å². The number of nitrogens with zero attached hydrogens (tertiary/aromatic N) is 1. The average Bonchev–Trinajstić information content (AvgIpc) is 2.71. The Morgan fingerprint density at radius 2 is 2.00 bits per heavy atom. The molecule has 0 radical (unpaired) electrons. The number of hydrogen-bond acceptors (Lipinski definition) is 4. The molecule has 6 heteroatoms. The number of para-hydroxylation sites is 1. The van der Waals surface area contributed by atoms with Crippen LogP contribution >= 0.6 is 0 Å². The number of aliphatic carboxylic acids is 1. The van der Waals surface area contributed by atoms with E-state index in [2.05, 4.69) is 0 Å². The molecule has 0 aliphatic carbocycles. The van der Waals surface area contributed by atoms with E-state index in [1.54, 1.807) is 30.0 Å². The van der Waals surface area contributed by atoms with Gasteiger partial charge in [-0.2, -0.15) is 0 Å². The summed E-state index contributed by atoms with van der Waals surface area (Å²) in [7, 11) is -3.38. The summed E-state index contributed by atoms with van der Waals surface area (Å²) in [5, 5.41) is 9.41. The van der Waals surface area contributed by atoms with Crippen LogP contribution in [-0.4, -0.2) is 37.8 Å². The van der Waals surface area contributed by atoms with Gasteiger partial charge < -0.3 is 10.0 Å². The minimum absolute atomic E-state index is 0.185. The molecule has 1 unspecified atom stereocenters. The van der Waals surface area contributed by atoms with Crippen LogP contribution in [0.4, 0.5) is 5.69 Å². The fraction of sp³-hybridized carbons (Fsp3) is 0.462. The Kier molecular flexibility index (Phi) is 3.30. The Morgan fingerprint density at radius 3 is 2.58 bits per heavy atom. The summed E-state index contributed by atoms with van der Waals surface area (Å²) in [6.07, 6.45) is 2.39. The van der Waals surface area contributed by atoms with Crippen molar-refractivity contribution in [2.45, 2.75) is 30.2 Å². The van der Waals surface area contributed by atoms with Crippen LogP contribution in [0.5, 0.6) is 0 Å². The molecule has 2 rings (SSSR count). The second kappa shape index (κ2) is 4.52. The van der Waals surface area contributed by atoms with Gasteiger partial charge in [-0.25, -0.2) is 13.2 Å². The van der Waals surface area contributed by atoms with Crippen molar-refractivity contribution in [1.82, 2.24) is 0 Å². The Hall–Kier alpha value is -1.56. The standard InChI is InChI=1S/C13H17NO4S/c1-13(12(15)16)8-5-9-14(13)10-6-3-4-7-11(10)19(2,17)18/h3-4,6-7H,5,8-9H2,1-2H3,(H,15,16). The zero-order valence-electron chi connectivity index (χ0n) is 11.0. The number of rotatable bonds is 3. The van der Waals surface area contributed by atoms with Gasteiger partial charge in [-0.1, -0.05) is 12.1 Å². The second-order valence-electron chi connectivity index (χ2n) is 5.07. The number of benzene rings is 1. The molecule has 1 aromatic rings. The highest BCUT2D eigenvalue weighted by Crippen LogP contribution is 2.37. The smallest absolute Gasteiger partial charge is 0.329 e. The molecular formula is C13H17NO4S. The van der Waals surface area contributed by atoms with E-state index in [4.69, 9.17) is 0 Å². The van der Waals surface area contributed by atoms with E-state index in [1.807, 2.05) is 0 Å². The molecule has 0 saturated carbocycles. The summed E-state index contributed by atoms with van der Waals surface area (Å²) in [6, 6.07) is 6.56. The first-order chi connectivity index (χ1) is 8.77. The van der Waals surface area contributed by atoms with E-state index in [-0.39, 0.29) is 4.90 Å². The molecule has 1 saturated heterocycles. The van der Waals surface area contributed by atoms with Gasteiger partial charge in [0.15, 0.2) is 9.84 Å². The first-order valence-electron chi connectivity index (χ1n) is 6.07. The van der Waals surface area contributed by atoms with E-state index in [9.17, 15) is 18.3 Å². The van der Waals surface area contributed by atoms with E-state index in [0.717, 1.165) is 12.7 Å². The molecule has 5 nitrogen and oxygen atoms in total. The maximum Gasteiger partial charge on any atom is 0.329 e. The maximum absolute atomic E-state index is 11.8. The van der Waals surface area contributed by atoms with Gasteiger partial charge in [-0.15, -0.1) is 0 Å². The van der Waals surface area contributed by atoms with E-state index < -0.39 is 21.3 Å². The minimum atomic E-state index is -3.38. The third kappa shape index (κ3) is 2.32.